The lowest BCUT2D eigenvalue weighted by molar-refractivity contribution is 0.340. The zero-order valence-corrected chi connectivity index (χ0v) is 15.4. The summed E-state index contributed by atoms with van der Waals surface area (Å²) in [5.74, 6) is 0.784. The number of anilines is 2. The summed E-state index contributed by atoms with van der Waals surface area (Å²) in [5.41, 5.74) is 2.01. The topological polar surface area (TPSA) is 78.2 Å². The van der Waals surface area contributed by atoms with E-state index in [2.05, 4.69) is 10.3 Å². The molecular formula is C19H22N4O3. The van der Waals surface area contributed by atoms with Gasteiger partial charge in [0.05, 0.1) is 12.3 Å². The van der Waals surface area contributed by atoms with Gasteiger partial charge in [-0.1, -0.05) is 6.92 Å². The fourth-order valence-electron chi connectivity index (χ4n) is 2.92. The standard InChI is InChI=1S/C19H22N4O3/c1-5-12-11-20-17-15(18(24)23(4)19(25)22(17)3)16(12)21-13-7-9-14(10-8-13)26-6-2/h7-11H,5-6H2,1-4H3,(H,20,21). The van der Waals surface area contributed by atoms with Crippen LogP contribution < -0.4 is 21.3 Å². The van der Waals surface area contributed by atoms with Gasteiger partial charge in [0.25, 0.3) is 5.56 Å². The minimum absolute atomic E-state index is 0.362. The lowest BCUT2D eigenvalue weighted by atomic mass is 10.1. The molecule has 7 heteroatoms. The van der Waals surface area contributed by atoms with Crippen molar-refractivity contribution in [2.24, 2.45) is 14.1 Å². The number of aryl methyl sites for hydroxylation is 2. The molecule has 0 spiro atoms. The summed E-state index contributed by atoms with van der Waals surface area (Å²) in [7, 11) is 3.09. The summed E-state index contributed by atoms with van der Waals surface area (Å²) in [6.07, 6.45) is 2.41. The molecule has 0 amide bonds. The first-order valence-electron chi connectivity index (χ1n) is 8.55. The number of benzene rings is 1. The van der Waals surface area contributed by atoms with E-state index in [0.29, 0.717) is 29.7 Å². The van der Waals surface area contributed by atoms with E-state index in [4.69, 9.17) is 4.74 Å². The van der Waals surface area contributed by atoms with Gasteiger partial charge in [0, 0.05) is 26.0 Å². The minimum atomic E-state index is -0.397. The van der Waals surface area contributed by atoms with Gasteiger partial charge in [-0.3, -0.25) is 13.9 Å². The fraction of sp³-hybridized carbons (Fsp3) is 0.316. The monoisotopic (exact) mass is 354 g/mol. The smallest absolute Gasteiger partial charge is 0.332 e. The molecule has 0 fully saturated rings. The van der Waals surface area contributed by atoms with Gasteiger partial charge in [-0.25, -0.2) is 9.78 Å². The number of pyridine rings is 1. The van der Waals surface area contributed by atoms with Crippen LogP contribution in [0.15, 0.2) is 40.1 Å². The van der Waals surface area contributed by atoms with Gasteiger partial charge in [-0.05, 0) is 43.2 Å². The van der Waals surface area contributed by atoms with Crippen LogP contribution in [0.2, 0.25) is 0 Å². The molecule has 2 aromatic heterocycles. The predicted molar refractivity (Wildman–Crippen MR) is 102 cm³/mol. The Labute approximate surface area is 150 Å². The van der Waals surface area contributed by atoms with Crippen molar-refractivity contribution < 1.29 is 4.74 Å². The Balaban J connectivity index is 2.20. The molecule has 0 atom stereocenters. The van der Waals surface area contributed by atoms with Gasteiger partial charge in [-0.2, -0.15) is 0 Å². The SMILES string of the molecule is CCOc1ccc(Nc2c(CC)cnc3c2c(=O)n(C)c(=O)n3C)cc1. The molecule has 7 nitrogen and oxygen atoms in total. The zero-order chi connectivity index (χ0) is 18.8. The van der Waals surface area contributed by atoms with Gasteiger partial charge < -0.3 is 10.1 Å². The molecule has 1 N–H and O–H groups in total. The first-order valence-corrected chi connectivity index (χ1v) is 8.55. The Morgan fingerprint density at radius 3 is 2.38 bits per heavy atom. The second-order valence-corrected chi connectivity index (χ2v) is 6.00. The Kier molecular flexibility index (Phi) is 4.79. The van der Waals surface area contributed by atoms with Crippen LogP contribution in [0.25, 0.3) is 11.0 Å². The van der Waals surface area contributed by atoms with Gasteiger partial charge in [0.1, 0.15) is 11.1 Å². The van der Waals surface area contributed by atoms with Crippen molar-refractivity contribution >= 4 is 22.4 Å². The van der Waals surface area contributed by atoms with E-state index in [1.54, 1.807) is 13.2 Å². The third-order valence-corrected chi connectivity index (χ3v) is 4.36. The number of aromatic nitrogens is 3. The molecule has 3 aromatic rings. The van der Waals surface area contributed by atoms with Crippen LogP contribution in [0.5, 0.6) is 5.75 Å². The molecule has 136 valence electrons. The van der Waals surface area contributed by atoms with Crippen molar-refractivity contribution in [3.8, 4) is 5.75 Å². The van der Waals surface area contributed by atoms with E-state index in [9.17, 15) is 9.59 Å². The maximum Gasteiger partial charge on any atom is 0.332 e. The summed E-state index contributed by atoms with van der Waals surface area (Å²) in [4.78, 5) is 29.3. The van der Waals surface area contributed by atoms with Gasteiger partial charge >= 0.3 is 5.69 Å². The number of nitrogens with zero attached hydrogens (tertiary/aromatic N) is 3. The first-order chi connectivity index (χ1) is 12.5. The van der Waals surface area contributed by atoms with E-state index < -0.39 is 5.69 Å². The van der Waals surface area contributed by atoms with Crippen LogP contribution in [0.1, 0.15) is 19.4 Å². The maximum atomic E-state index is 12.8. The number of fused-ring (bicyclic) bond motifs is 1. The highest BCUT2D eigenvalue weighted by Crippen LogP contribution is 2.27. The van der Waals surface area contributed by atoms with Gasteiger partial charge in [-0.15, -0.1) is 0 Å². The third-order valence-electron chi connectivity index (χ3n) is 4.36. The molecule has 0 unspecified atom stereocenters. The molecule has 0 aliphatic heterocycles. The summed E-state index contributed by atoms with van der Waals surface area (Å²) < 4.78 is 7.95. The van der Waals surface area contributed by atoms with Crippen molar-refractivity contribution in [2.75, 3.05) is 11.9 Å². The average Bonchev–Trinajstić information content (AvgIpc) is 2.66. The molecule has 0 aliphatic carbocycles. The van der Waals surface area contributed by atoms with Crippen LogP contribution in [0.3, 0.4) is 0 Å². The van der Waals surface area contributed by atoms with Gasteiger partial charge in [0.2, 0.25) is 0 Å². The zero-order valence-electron chi connectivity index (χ0n) is 15.4. The lowest BCUT2D eigenvalue weighted by Gasteiger charge is -2.16. The molecule has 0 radical (unpaired) electrons. The van der Waals surface area contributed by atoms with E-state index in [1.165, 1.54) is 11.6 Å². The van der Waals surface area contributed by atoms with Crippen LogP contribution in [0, 0.1) is 0 Å². The summed E-state index contributed by atoms with van der Waals surface area (Å²) in [6, 6.07) is 7.52. The highest BCUT2D eigenvalue weighted by Gasteiger charge is 2.16. The highest BCUT2D eigenvalue weighted by molar-refractivity contribution is 5.92. The lowest BCUT2D eigenvalue weighted by Crippen LogP contribution is -2.37. The molecule has 0 saturated carbocycles. The van der Waals surface area contributed by atoms with Crippen LogP contribution >= 0.6 is 0 Å². The molecule has 0 saturated heterocycles. The van der Waals surface area contributed by atoms with Crippen molar-refractivity contribution in [1.82, 2.24) is 14.1 Å². The predicted octanol–water partition coefficient (Wildman–Crippen LogP) is 2.34. The maximum absolute atomic E-state index is 12.8. The summed E-state index contributed by atoms with van der Waals surface area (Å²) in [5, 5.41) is 3.73. The van der Waals surface area contributed by atoms with E-state index in [-0.39, 0.29) is 5.56 Å². The Morgan fingerprint density at radius 2 is 1.77 bits per heavy atom. The van der Waals surface area contributed by atoms with Crippen LogP contribution in [0.4, 0.5) is 11.4 Å². The molecule has 3 rings (SSSR count). The van der Waals surface area contributed by atoms with Crippen LogP contribution in [-0.2, 0) is 20.5 Å². The normalized spacial score (nSPS) is 10.9. The van der Waals surface area contributed by atoms with Crippen LogP contribution in [-0.4, -0.2) is 20.7 Å². The highest BCUT2D eigenvalue weighted by atomic mass is 16.5. The average molecular weight is 354 g/mol. The van der Waals surface area contributed by atoms with E-state index >= 15 is 0 Å². The number of hydrogen-bond acceptors (Lipinski definition) is 5. The number of ether oxygens (including phenoxy) is 1. The second kappa shape index (κ2) is 7.03. The first kappa shape index (κ1) is 17.7. The minimum Gasteiger partial charge on any atom is -0.494 e. The molecule has 0 bridgehead atoms. The Morgan fingerprint density at radius 1 is 1.08 bits per heavy atom. The summed E-state index contributed by atoms with van der Waals surface area (Å²) >= 11 is 0. The molecule has 0 aliphatic rings. The fourth-order valence-corrected chi connectivity index (χ4v) is 2.92. The Bertz CT molecular complexity index is 1070. The van der Waals surface area contributed by atoms with Crippen molar-refractivity contribution in [2.45, 2.75) is 20.3 Å². The van der Waals surface area contributed by atoms with Crippen molar-refractivity contribution in [1.29, 1.82) is 0 Å². The third kappa shape index (κ3) is 2.96. The van der Waals surface area contributed by atoms with Gasteiger partial charge in [0.15, 0.2) is 5.65 Å². The second-order valence-electron chi connectivity index (χ2n) is 6.00. The summed E-state index contributed by atoms with van der Waals surface area (Å²) in [6.45, 7) is 4.54. The quantitative estimate of drug-likeness (QED) is 0.761. The van der Waals surface area contributed by atoms with E-state index in [1.807, 2.05) is 38.1 Å². The molecule has 1 aromatic carbocycles. The Hall–Kier alpha value is -3.09. The largest absolute Gasteiger partial charge is 0.494 e. The number of hydrogen-bond donors (Lipinski definition) is 1. The number of rotatable bonds is 5. The van der Waals surface area contributed by atoms with Crippen molar-refractivity contribution in [3.63, 3.8) is 0 Å². The number of nitrogens with one attached hydrogen (secondary N) is 1. The van der Waals surface area contributed by atoms with Crippen molar-refractivity contribution in [3.05, 3.63) is 56.9 Å². The molecule has 2 heterocycles. The molecular weight excluding hydrogens is 332 g/mol. The van der Waals surface area contributed by atoms with E-state index in [0.717, 1.165) is 21.6 Å². The molecule has 26 heavy (non-hydrogen) atoms.